The first kappa shape index (κ1) is 11.5. The number of benzene rings is 1. The van der Waals surface area contributed by atoms with Crippen LogP contribution >= 0.6 is 0 Å². The molecular weight excluding hydrogens is 248 g/mol. The summed E-state index contributed by atoms with van der Waals surface area (Å²) in [5.41, 5.74) is 6.72. The van der Waals surface area contributed by atoms with Gasteiger partial charge in [-0.3, -0.25) is 14.5 Å². The van der Waals surface area contributed by atoms with Gasteiger partial charge in [-0.15, -0.1) is 0 Å². The summed E-state index contributed by atoms with van der Waals surface area (Å²) < 4.78 is 5.51. The fraction of sp³-hybridized carbons (Fsp3) is 0.250. The van der Waals surface area contributed by atoms with E-state index in [9.17, 15) is 9.59 Å². The molecule has 0 saturated carbocycles. The Kier molecular flexibility index (Phi) is 2.25. The van der Waals surface area contributed by atoms with Crippen LogP contribution in [0.3, 0.4) is 0 Å². The van der Waals surface area contributed by atoms with Crippen molar-refractivity contribution in [2.75, 3.05) is 11.5 Å². The molecule has 2 amide bonds. The standard InChI is InChI=1S/C12H11N4O3/c1-12(10(13)17)11(18)15-14-9-6-19-8-5-3-2-4-7(8)16(9)12/h3-5H,6H2,1H3,(H2,13,17)(H,15,18)/t12-/m1/s1. The number of anilines is 1. The number of amides is 2. The number of hydrogen-bond donors (Lipinski definition) is 2. The van der Waals surface area contributed by atoms with E-state index in [1.807, 2.05) is 0 Å². The van der Waals surface area contributed by atoms with Crippen LogP contribution in [0.4, 0.5) is 5.69 Å². The summed E-state index contributed by atoms with van der Waals surface area (Å²) in [5, 5.41) is 3.91. The van der Waals surface area contributed by atoms with Crippen LogP contribution in [-0.2, 0) is 9.59 Å². The van der Waals surface area contributed by atoms with Gasteiger partial charge in [0.2, 0.25) is 5.54 Å². The molecule has 0 spiro atoms. The van der Waals surface area contributed by atoms with Crippen molar-refractivity contribution in [3.63, 3.8) is 0 Å². The Hall–Kier alpha value is -2.57. The first-order chi connectivity index (χ1) is 9.05. The van der Waals surface area contributed by atoms with Crippen LogP contribution in [-0.4, -0.2) is 29.8 Å². The van der Waals surface area contributed by atoms with Crippen molar-refractivity contribution >= 4 is 23.3 Å². The van der Waals surface area contributed by atoms with Gasteiger partial charge < -0.3 is 10.5 Å². The number of rotatable bonds is 1. The number of hydrogen-bond acceptors (Lipinski definition) is 5. The molecule has 0 bridgehead atoms. The topological polar surface area (TPSA) is 97.0 Å². The van der Waals surface area contributed by atoms with Gasteiger partial charge in [0, 0.05) is 0 Å². The maximum absolute atomic E-state index is 12.0. The third-order valence-corrected chi connectivity index (χ3v) is 3.31. The molecule has 0 fully saturated rings. The van der Waals surface area contributed by atoms with E-state index in [0.29, 0.717) is 17.3 Å². The fourth-order valence-corrected chi connectivity index (χ4v) is 2.18. The second-order valence-electron chi connectivity index (χ2n) is 4.42. The number of amidine groups is 1. The summed E-state index contributed by atoms with van der Waals surface area (Å²) in [4.78, 5) is 25.3. The van der Waals surface area contributed by atoms with E-state index < -0.39 is 17.4 Å². The highest BCUT2D eigenvalue weighted by molar-refractivity contribution is 6.21. The summed E-state index contributed by atoms with van der Waals surface area (Å²) in [6.07, 6.45) is 0. The van der Waals surface area contributed by atoms with E-state index in [2.05, 4.69) is 16.6 Å². The highest BCUT2D eigenvalue weighted by Crippen LogP contribution is 2.37. The van der Waals surface area contributed by atoms with Crippen LogP contribution in [0.5, 0.6) is 5.75 Å². The molecule has 97 valence electrons. The molecule has 0 aromatic heterocycles. The zero-order valence-corrected chi connectivity index (χ0v) is 10.1. The highest BCUT2D eigenvalue weighted by atomic mass is 16.5. The lowest BCUT2D eigenvalue weighted by molar-refractivity contribution is -0.134. The average Bonchev–Trinajstić information content (AvgIpc) is 2.42. The monoisotopic (exact) mass is 259 g/mol. The summed E-state index contributed by atoms with van der Waals surface area (Å²) >= 11 is 0. The number of hydrazone groups is 1. The van der Waals surface area contributed by atoms with Crippen molar-refractivity contribution in [1.29, 1.82) is 0 Å². The summed E-state index contributed by atoms with van der Waals surface area (Å²) in [5.74, 6) is -0.345. The molecule has 1 aromatic carbocycles. The molecule has 19 heavy (non-hydrogen) atoms. The predicted molar refractivity (Wildman–Crippen MR) is 66.4 cm³/mol. The van der Waals surface area contributed by atoms with Gasteiger partial charge in [0.1, 0.15) is 12.4 Å². The van der Waals surface area contributed by atoms with Gasteiger partial charge in [-0.1, -0.05) is 6.07 Å². The average molecular weight is 259 g/mol. The Balaban J connectivity index is 2.23. The molecule has 3 rings (SSSR count). The van der Waals surface area contributed by atoms with E-state index in [1.54, 1.807) is 18.2 Å². The molecule has 0 unspecified atom stereocenters. The first-order valence-electron chi connectivity index (χ1n) is 5.65. The highest BCUT2D eigenvalue weighted by Gasteiger charge is 2.52. The van der Waals surface area contributed by atoms with Gasteiger partial charge in [0.05, 0.1) is 5.69 Å². The smallest absolute Gasteiger partial charge is 0.275 e. The van der Waals surface area contributed by atoms with E-state index in [0.717, 1.165) is 0 Å². The lowest BCUT2D eigenvalue weighted by atomic mass is 9.95. The van der Waals surface area contributed by atoms with E-state index in [4.69, 9.17) is 10.5 Å². The molecule has 0 aliphatic carbocycles. The predicted octanol–water partition coefficient (Wildman–Crippen LogP) is -0.627. The van der Waals surface area contributed by atoms with Crippen molar-refractivity contribution in [2.45, 2.75) is 12.5 Å². The number of primary amides is 1. The SMILES string of the molecule is C[C@@]1(C(N)=O)C(=O)NN=C2COc3cc[c]cc3N21. The van der Waals surface area contributed by atoms with Crippen molar-refractivity contribution in [3.8, 4) is 5.75 Å². The van der Waals surface area contributed by atoms with Crippen molar-refractivity contribution in [1.82, 2.24) is 5.43 Å². The molecule has 1 atom stereocenters. The zero-order chi connectivity index (χ0) is 13.6. The second kappa shape index (κ2) is 3.71. The lowest BCUT2D eigenvalue weighted by Gasteiger charge is -2.44. The minimum absolute atomic E-state index is 0.153. The molecule has 0 saturated heterocycles. The minimum Gasteiger partial charge on any atom is -0.483 e. The Morgan fingerprint density at radius 1 is 1.68 bits per heavy atom. The van der Waals surface area contributed by atoms with E-state index in [1.165, 1.54) is 11.8 Å². The van der Waals surface area contributed by atoms with Crippen molar-refractivity contribution in [3.05, 3.63) is 24.3 Å². The van der Waals surface area contributed by atoms with E-state index in [-0.39, 0.29) is 6.61 Å². The number of carbonyl (C=O) groups is 2. The van der Waals surface area contributed by atoms with Crippen molar-refractivity contribution in [2.24, 2.45) is 10.8 Å². The van der Waals surface area contributed by atoms with Gasteiger partial charge in [0.15, 0.2) is 5.84 Å². The molecule has 1 aromatic rings. The Labute approximate surface area is 109 Å². The van der Waals surface area contributed by atoms with Crippen LogP contribution in [0.1, 0.15) is 6.92 Å². The Bertz CT molecular complexity index is 613. The second-order valence-corrected chi connectivity index (χ2v) is 4.42. The molecule has 1 radical (unpaired) electrons. The molecule has 2 aliphatic rings. The maximum Gasteiger partial charge on any atom is 0.275 e. The maximum atomic E-state index is 12.0. The van der Waals surface area contributed by atoms with Gasteiger partial charge in [-0.25, -0.2) is 5.43 Å². The normalized spacial score (nSPS) is 24.6. The number of nitrogens with zero attached hydrogens (tertiary/aromatic N) is 2. The molecular formula is C12H11N4O3. The Morgan fingerprint density at radius 2 is 2.47 bits per heavy atom. The quantitative estimate of drug-likeness (QED) is 0.656. The number of ether oxygens (including phenoxy) is 1. The molecule has 2 heterocycles. The number of nitrogens with two attached hydrogens (primary N) is 1. The van der Waals surface area contributed by atoms with Crippen LogP contribution < -0.4 is 20.8 Å². The minimum atomic E-state index is -1.54. The summed E-state index contributed by atoms with van der Waals surface area (Å²) in [6.45, 7) is 1.61. The van der Waals surface area contributed by atoms with Gasteiger partial charge >= 0.3 is 0 Å². The summed E-state index contributed by atoms with van der Waals surface area (Å²) in [6, 6.07) is 7.91. The lowest BCUT2D eigenvalue weighted by Crippen LogP contribution is -2.69. The molecule has 3 N–H and O–H groups in total. The Morgan fingerprint density at radius 3 is 3.21 bits per heavy atom. The number of nitrogens with one attached hydrogen (secondary N) is 1. The van der Waals surface area contributed by atoms with Gasteiger partial charge in [0.25, 0.3) is 11.8 Å². The van der Waals surface area contributed by atoms with Crippen LogP contribution in [0.15, 0.2) is 23.3 Å². The molecule has 7 nitrogen and oxygen atoms in total. The largest absolute Gasteiger partial charge is 0.483 e. The van der Waals surface area contributed by atoms with Gasteiger partial charge in [-0.2, -0.15) is 5.10 Å². The number of fused-ring (bicyclic) bond motifs is 3. The van der Waals surface area contributed by atoms with Crippen molar-refractivity contribution < 1.29 is 14.3 Å². The zero-order valence-electron chi connectivity index (χ0n) is 10.1. The molecule has 2 aliphatic heterocycles. The third-order valence-electron chi connectivity index (χ3n) is 3.31. The van der Waals surface area contributed by atoms with Gasteiger partial charge in [-0.05, 0) is 25.1 Å². The third kappa shape index (κ3) is 1.41. The van der Waals surface area contributed by atoms with Crippen LogP contribution in [0.25, 0.3) is 0 Å². The fourth-order valence-electron chi connectivity index (χ4n) is 2.18. The van der Waals surface area contributed by atoms with E-state index >= 15 is 0 Å². The number of carbonyl (C=O) groups excluding carboxylic acids is 2. The van der Waals surface area contributed by atoms with Crippen LogP contribution in [0, 0.1) is 6.07 Å². The summed E-state index contributed by atoms with van der Waals surface area (Å²) in [7, 11) is 0. The molecule has 7 heteroatoms. The van der Waals surface area contributed by atoms with Crippen LogP contribution in [0.2, 0.25) is 0 Å². The first-order valence-corrected chi connectivity index (χ1v) is 5.65.